The number of furan rings is 1. The fourth-order valence-corrected chi connectivity index (χ4v) is 4.69. The van der Waals surface area contributed by atoms with E-state index in [2.05, 4.69) is 5.32 Å². The molecule has 1 N–H and O–H groups in total. The van der Waals surface area contributed by atoms with E-state index >= 15 is 0 Å². The van der Waals surface area contributed by atoms with Crippen LogP contribution >= 0.6 is 23.2 Å². The molecule has 0 aliphatic rings. The number of rotatable bonds is 8. The van der Waals surface area contributed by atoms with Gasteiger partial charge in [-0.2, -0.15) is 0 Å². The van der Waals surface area contributed by atoms with Crippen molar-refractivity contribution >= 4 is 44.6 Å². The monoisotopic (exact) mass is 531 g/mol. The van der Waals surface area contributed by atoms with Crippen LogP contribution in [-0.2, 0) is 16.4 Å². The van der Waals surface area contributed by atoms with Gasteiger partial charge in [0.05, 0.1) is 16.9 Å². The molecule has 10 heteroatoms. The van der Waals surface area contributed by atoms with Crippen molar-refractivity contribution in [3.8, 4) is 11.5 Å². The van der Waals surface area contributed by atoms with Gasteiger partial charge in [-0.05, 0) is 72.8 Å². The molecule has 4 aromatic rings. The molecule has 0 atom stereocenters. The maximum atomic E-state index is 13.1. The van der Waals surface area contributed by atoms with Crippen molar-refractivity contribution in [2.45, 2.75) is 16.4 Å². The zero-order valence-corrected chi connectivity index (χ0v) is 20.7. The van der Waals surface area contributed by atoms with Crippen LogP contribution < -0.4 is 14.8 Å². The molecule has 180 valence electrons. The Bertz CT molecular complexity index is 1450. The summed E-state index contributed by atoms with van der Waals surface area (Å²) in [6.07, 6.45) is 0. The zero-order chi connectivity index (χ0) is 25.0. The highest BCUT2D eigenvalue weighted by atomic mass is 35.5. The summed E-state index contributed by atoms with van der Waals surface area (Å²) in [5.41, 5.74) is 0.220. The first-order valence-corrected chi connectivity index (χ1v) is 12.5. The molecule has 0 bridgehead atoms. The Morgan fingerprint density at radius 2 is 1.51 bits per heavy atom. The molecule has 3 aromatic carbocycles. The van der Waals surface area contributed by atoms with Crippen LogP contribution in [0.15, 0.2) is 93.1 Å². The predicted molar refractivity (Wildman–Crippen MR) is 132 cm³/mol. The quantitative estimate of drug-likeness (QED) is 0.288. The number of ether oxygens (including phenoxy) is 2. The third-order valence-corrected chi connectivity index (χ3v) is 7.14. The lowest BCUT2D eigenvalue weighted by Gasteiger charge is -2.11. The van der Waals surface area contributed by atoms with Crippen LogP contribution in [0.25, 0.3) is 0 Å². The van der Waals surface area contributed by atoms with Crippen molar-refractivity contribution < 1.29 is 27.1 Å². The molecule has 0 aliphatic carbocycles. The minimum atomic E-state index is -3.88. The number of hydrogen-bond acceptors (Lipinski definition) is 6. The Balaban J connectivity index is 1.50. The summed E-state index contributed by atoms with van der Waals surface area (Å²) < 4.78 is 42.6. The summed E-state index contributed by atoms with van der Waals surface area (Å²) in [5, 5.41) is 3.65. The van der Waals surface area contributed by atoms with Gasteiger partial charge >= 0.3 is 0 Å². The Morgan fingerprint density at radius 1 is 0.857 bits per heavy atom. The first-order valence-electron chi connectivity index (χ1n) is 10.2. The van der Waals surface area contributed by atoms with Gasteiger partial charge in [-0.1, -0.05) is 23.2 Å². The van der Waals surface area contributed by atoms with Gasteiger partial charge in [0.15, 0.2) is 5.76 Å². The van der Waals surface area contributed by atoms with Gasteiger partial charge in [-0.15, -0.1) is 0 Å². The SMILES string of the molecule is COc1cc(NC(=O)c2ccc(COc3ccc(Cl)cc3)o2)cc(S(=O)(=O)c2ccc(Cl)cc2)c1. The van der Waals surface area contributed by atoms with Gasteiger partial charge in [-0.25, -0.2) is 8.42 Å². The molecule has 0 unspecified atom stereocenters. The summed E-state index contributed by atoms with van der Waals surface area (Å²) in [5.74, 6) is 0.756. The molecule has 0 aliphatic heterocycles. The van der Waals surface area contributed by atoms with Gasteiger partial charge in [-0.3, -0.25) is 4.79 Å². The number of sulfone groups is 1. The molecule has 0 saturated heterocycles. The molecule has 1 aromatic heterocycles. The van der Waals surface area contributed by atoms with E-state index in [0.717, 1.165) is 0 Å². The molecule has 0 spiro atoms. The number of nitrogens with one attached hydrogen (secondary N) is 1. The summed E-state index contributed by atoms with van der Waals surface area (Å²) >= 11 is 11.7. The largest absolute Gasteiger partial charge is 0.497 e. The number of carbonyl (C=O) groups excluding carboxylic acids is 1. The van der Waals surface area contributed by atoms with Crippen LogP contribution in [-0.4, -0.2) is 21.4 Å². The average Bonchev–Trinajstić information content (AvgIpc) is 3.33. The molecular weight excluding hydrogens is 513 g/mol. The van der Waals surface area contributed by atoms with Crippen LogP contribution in [0.1, 0.15) is 16.3 Å². The number of halogens is 2. The minimum absolute atomic E-state index is 0.0321. The van der Waals surface area contributed by atoms with Crippen LogP contribution in [0.2, 0.25) is 10.0 Å². The molecule has 0 radical (unpaired) electrons. The first-order chi connectivity index (χ1) is 16.7. The van der Waals surface area contributed by atoms with Gasteiger partial charge < -0.3 is 19.2 Å². The molecule has 7 nitrogen and oxygen atoms in total. The van der Waals surface area contributed by atoms with Crippen LogP contribution in [0.3, 0.4) is 0 Å². The standard InChI is InChI=1S/C25H19Cl2NO6S/c1-32-21-12-18(13-23(14-21)35(30,31)22-9-4-17(27)5-10-22)28-25(29)24-11-8-20(34-24)15-33-19-6-2-16(26)3-7-19/h2-14H,15H2,1H3,(H,28,29). The molecule has 1 amide bonds. The van der Waals surface area contributed by atoms with E-state index in [4.69, 9.17) is 37.1 Å². The maximum Gasteiger partial charge on any atom is 0.291 e. The summed E-state index contributed by atoms with van der Waals surface area (Å²) in [7, 11) is -2.48. The van der Waals surface area contributed by atoms with Crippen molar-refractivity contribution in [2.75, 3.05) is 12.4 Å². The first kappa shape index (κ1) is 24.7. The van der Waals surface area contributed by atoms with E-state index in [9.17, 15) is 13.2 Å². The zero-order valence-electron chi connectivity index (χ0n) is 18.3. The van der Waals surface area contributed by atoms with Gasteiger partial charge in [0.25, 0.3) is 5.91 Å². The van der Waals surface area contributed by atoms with E-state index in [1.165, 1.54) is 55.6 Å². The molecular formula is C25H19Cl2NO6S. The van der Waals surface area contributed by atoms with Crippen molar-refractivity contribution in [1.29, 1.82) is 0 Å². The lowest BCUT2D eigenvalue weighted by molar-refractivity contribution is 0.0992. The van der Waals surface area contributed by atoms with Crippen LogP contribution in [0.5, 0.6) is 11.5 Å². The fraction of sp³-hybridized carbons (Fsp3) is 0.0800. The van der Waals surface area contributed by atoms with E-state index < -0.39 is 15.7 Å². The highest BCUT2D eigenvalue weighted by Crippen LogP contribution is 2.29. The maximum absolute atomic E-state index is 13.1. The Kier molecular flexibility index (Phi) is 7.35. The summed E-state index contributed by atoms with van der Waals surface area (Å²) in [6.45, 7) is 0.109. The lowest BCUT2D eigenvalue weighted by Crippen LogP contribution is -2.12. The minimum Gasteiger partial charge on any atom is -0.497 e. The van der Waals surface area contributed by atoms with Gasteiger partial charge in [0, 0.05) is 21.8 Å². The number of benzene rings is 3. The summed E-state index contributed by atoms with van der Waals surface area (Å²) in [6, 6.07) is 20.0. The molecule has 35 heavy (non-hydrogen) atoms. The van der Waals surface area contributed by atoms with Crippen LogP contribution in [0.4, 0.5) is 5.69 Å². The van der Waals surface area contributed by atoms with Crippen molar-refractivity contribution in [2.24, 2.45) is 0 Å². The second kappa shape index (κ2) is 10.4. The molecule has 4 rings (SSSR count). The Labute approximate surface area is 212 Å². The molecule has 0 saturated carbocycles. The normalized spacial score (nSPS) is 11.2. The average molecular weight is 532 g/mol. The second-order valence-electron chi connectivity index (χ2n) is 7.32. The number of anilines is 1. The number of methoxy groups -OCH3 is 1. The van der Waals surface area contributed by atoms with E-state index in [0.29, 0.717) is 21.6 Å². The van der Waals surface area contributed by atoms with Crippen LogP contribution in [0, 0.1) is 0 Å². The van der Waals surface area contributed by atoms with Crippen molar-refractivity contribution in [3.63, 3.8) is 0 Å². The Morgan fingerprint density at radius 3 is 2.17 bits per heavy atom. The highest BCUT2D eigenvalue weighted by Gasteiger charge is 2.21. The van der Waals surface area contributed by atoms with Crippen molar-refractivity contribution in [1.82, 2.24) is 0 Å². The highest BCUT2D eigenvalue weighted by molar-refractivity contribution is 7.91. The predicted octanol–water partition coefficient (Wildman–Crippen LogP) is 6.26. The second-order valence-corrected chi connectivity index (χ2v) is 10.1. The Hall–Kier alpha value is -3.46. The summed E-state index contributed by atoms with van der Waals surface area (Å²) in [4.78, 5) is 12.8. The lowest BCUT2D eigenvalue weighted by atomic mass is 10.3. The molecule has 1 heterocycles. The number of hydrogen-bond donors (Lipinski definition) is 1. The number of carbonyl (C=O) groups is 1. The fourth-order valence-electron chi connectivity index (χ4n) is 3.12. The van der Waals surface area contributed by atoms with Gasteiger partial charge in [0.2, 0.25) is 9.84 Å². The number of amides is 1. The van der Waals surface area contributed by atoms with E-state index in [1.807, 2.05) is 0 Å². The smallest absolute Gasteiger partial charge is 0.291 e. The topological polar surface area (TPSA) is 94.8 Å². The van der Waals surface area contributed by atoms with E-state index in [-0.39, 0.29) is 33.6 Å². The third-order valence-electron chi connectivity index (χ3n) is 4.89. The van der Waals surface area contributed by atoms with Gasteiger partial charge in [0.1, 0.15) is 23.9 Å². The van der Waals surface area contributed by atoms with Crippen molar-refractivity contribution in [3.05, 3.63) is 100 Å². The molecule has 0 fully saturated rings. The third kappa shape index (κ3) is 5.97. The van der Waals surface area contributed by atoms with E-state index in [1.54, 1.807) is 30.3 Å².